The summed E-state index contributed by atoms with van der Waals surface area (Å²) in [4.78, 5) is 2.27. The van der Waals surface area contributed by atoms with Gasteiger partial charge in [0, 0.05) is 45.0 Å². The predicted octanol–water partition coefficient (Wildman–Crippen LogP) is 19.5. The summed E-state index contributed by atoms with van der Waals surface area (Å²) >= 11 is 0. The molecule has 0 saturated carbocycles. The maximum atomic E-state index is 9.58. The molecule has 0 unspecified atom stereocenters. The van der Waals surface area contributed by atoms with Crippen molar-refractivity contribution in [3.8, 4) is 72.8 Å². The van der Waals surface area contributed by atoms with Gasteiger partial charge in [-0.15, -0.1) is 0 Å². The first-order chi connectivity index (χ1) is 48.2. The average Bonchev–Trinajstić information content (AvgIpc) is 1.41. The maximum Gasteiger partial charge on any atom is 0.256 e. The van der Waals surface area contributed by atoms with Crippen LogP contribution in [0.15, 0.2) is 303 Å². The molecule has 17 rings (SSSR count). The summed E-state index contributed by atoms with van der Waals surface area (Å²) < 4.78 is 128. The monoisotopic (exact) mass is 1120 g/mol. The summed E-state index contributed by atoms with van der Waals surface area (Å²) in [6.45, 7) is 5.91. The van der Waals surface area contributed by atoms with E-state index in [2.05, 4.69) is 171 Å². The highest BCUT2D eigenvalue weighted by Gasteiger charge is 2.49. The highest BCUT2D eigenvalue weighted by Crippen LogP contribution is 2.59. The lowest BCUT2D eigenvalue weighted by Crippen LogP contribution is -2.59. The Hall–Kier alpha value is -10.7. The van der Waals surface area contributed by atoms with Crippen molar-refractivity contribution in [3.05, 3.63) is 331 Å². The van der Waals surface area contributed by atoms with Gasteiger partial charge in [0.05, 0.1) is 40.0 Å². The zero-order valence-corrected chi connectivity index (χ0v) is 47.7. The third-order valence-electron chi connectivity index (χ3n) is 18.0. The molecule has 3 heterocycles. The quantitative estimate of drug-likeness (QED) is 0.141. The third kappa shape index (κ3) is 7.77. The number of anilines is 3. The normalized spacial score (nSPS) is 15.5. The Kier molecular flexibility index (Phi) is 8.84. The molecule has 87 heavy (non-hydrogen) atoms. The van der Waals surface area contributed by atoms with E-state index in [1.807, 2.05) is 60.7 Å². The van der Waals surface area contributed by atoms with E-state index in [1.54, 1.807) is 18.2 Å². The van der Waals surface area contributed by atoms with Gasteiger partial charge in [-0.05, 0) is 143 Å². The van der Waals surface area contributed by atoms with Gasteiger partial charge in [-0.2, -0.15) is 0 Å². The van der Waals surface area contributed by atoms with Gasteiger partial charge in [-0.1, -0.05) is 269 Å². The van der Waals surface area contributed by atoms with E-state index < -0.39 is 90.7 Å². The van der Waals surface area contributed by atoms with Crippen LogP contribution >= 0.6 is 0 Å². The first-order valence-electron chi connectivity index (χ1n) is 35.9. The number of fused-ring (bicyclic) bond motifs is 10. The number of aromatic nitrogens is 1. The standard InChI is InChI=1S/C83H59BN2O/c1-82(2,3)61-51-68(55-28-11-5-12-29-55)81(69(52-61)56-30-13-6-14-31-56)86-75-47-44-57(63-39-25-40-67-64-36-19-22-41-70(64)83(79(63)67,59-32-15-7-16-33-59)60-34-17-8-18-35-60)48-72(75)84-71-46-45-62(85-73-42-23-20-37-65(73)66-38-21-24-43-74(66)85)53-77(71)87-78-50-58(49-76(86)80(78)84)54-26-9-4-10-27-54/h4-53H,1-3H3/i4D,9D,10D,20D,21D,23D,24D,26D,27D,37D,38D,42D,43D. The third-order valence-corrected chi connectivity index (χ3v) is 18.0. The molecule has 0 saturated heterocycles. The predicted molar refractivity (Wildman–Crippen MR) is 364 cm³/mol. The van der Waals surface area contributed by atoms with Crippen LogP contribution < -0.4 is 26.0 Å². The Morgan fingerprint density at radius 3 is 1.63 bits per heavy atom. The average molecular weight is 1120 g/mol. The molecule has 3 aliphatic rings. The van der Waals surface area contributed by atoms with Crippen LogP contribution in [0.2, 0.25) is 0 Å². The van der Waals surface area contributed by atoms with Crippen molar-refractivity contribution in [2.24, 2.45) is 0 Å². The van der Waals surface area contributed by atoms with Crippen LogP contribution in [0.1, 0.15) is 66.4 Å². The molecule has 0 amide bonds. The highest BCUT2D eigenvalue weighted by atomic mass is 16.5. The lowest BCUT2D eigenvalue weighted by Gasteiger charge is -2.42. The van der Waals surface area contributed by atoms with Crippen LogP contribution in [0.25, 0.3) is 83.1 Å². The second-order valence-electron chi connectivity index (χ2n) is 23.7. The lowest BCUT2D eigenvalue weighted by atomic mass is 9.34. The van der Waals surface area contributed by atoms with Gasteiger partial charge in [-0.25, -0.2) is 0 Å². The summed E-state index contributed by atoms with van der Waals surface area (Å²) in [6.07, 6.45) is 0. The maximum absolute atomic E-state index is 9.58. The molecule has 0 radical (unpaired) electrons. The van der Waals surface area contributed by atoms with E-state index in [0.717, 1.165) is 89.2 Å². The molecule has 1 aliphatic carbocycles. The first kappa shape index (κ1) is 39.0. The Bertz CT molecular complexity index is 5650. The van der Waals surface area contributed by atoms with Crippen LogP contribution in [-0.4, -0.2) is 11.3 Å². The van der Waals surface area contributed by atoms with Gasteiger partial charge in [-0.3, -0.25) is 0 Å². The molecule has 0 atom stereocenters. The Labute approximate surface area is 527 Å². The Balaban J connectivity index is 1.02. The summed E-state index contributed by atoms with van der Waals surface area (Å²) in [7, 11) is 0. The van der Waals surface area contributed by atoms with Gasteiger partial charge < -0.3 is 14.2 Å². The van der Waals surface area contributed by atoms with Crippen molar-refractivity contribution in [3.63, 3.8) is 0 Å². The molecule has 0 N–H and O–H groups in total. The van der Waals surface area contributed by atoms with E-state index in [0.29, 0.717) is 16.6 Å². The molecule has 14 aromatic rings. The van der Waals surface area contributed by atoms with E-state index in [4.69, 9.17) is 14.3 Å². The Morgan fingerprint density at radius 2 is 0.989 bits per heavy atom. The number of hydrogen-bond donors (Lipinski definition) is 0. The first-order valence-corrected chi connectivity index (χ1v) is 29.4. The molecule has 4 heteroatoms. The smallest absolute Gasteiger partial charge is 0.256 e. The molecule has 3 nitrogen and oxygen atoms in total. The van der Waals surface area contributed by atoms with E-state index in [1.165, 1.54) is 4.57 Å². The molecule has 1 aromatic heterocycles. The van der Waals surface area contributed by atoms with Gasteiger partial charge in [0.2, 0.25) is 0 Å². The zero-order chi connectivity index (χ0) is 69.3. The summed E-state index contributed by atoms with van der Waals surface area (Å²) in [5, 5.41) is -0.143. The molecule has 0 spiro atoms. The molecule has 0 bridgehead atoms. The Morgan fingerprint density at radius 1 is 0.414 bits per heavy atom. The molecule has 2 aliphatic heterocycles. The SMILES string of the molecule is [2H]c1c([2H])c([2H])c(-c2cc3c4c(c2)N(c2c(-c5ccccc5)cc(C(C)(C)C)cc2-c2ccccc2)c2ccc(-c5cccc6c5C(c5ccccc5)(c5ccccc5)c5ccccc5-6)cc2B4c2ccc(-n4c5c([2H])c([2H])c([2H])c([2H])c5c5c([2H])c([2H])c([2H])c([2H])c54)cc2O3)c([2H])c1[2H]. The van der Waals surface area contributed by atoms with Gasteiger partial charge >= 0.3 is 0 Å². The van der Waals surface area contributed by atoms with Crippen LogP contribution in [0.3, 0.4) is 0 Å². The minimum Gasteiger partial charge on any atom is -0.458 e. The van der Waals surface area contributed by atoms with Gasteiger partial charge in [0.1, 0.15) is 11.5 Å². The summed E-state index contributed by atoms with van der Waals surface area (Å²) in [5.41, 5.74) is 17.0. The lowest BCUT2D eigenvalue weighted by molar-refractivity contribution is 0.487. The van der Waals surface area contributed by atoms with Gasteiger partial charge in [0.25, 0.3) is 6.71 Å². The molecule has 0 fully saturated rings. The largest absolute Gasteiger partial charge is 0.458 e. The molecular formula is C83H59BN2O. The van der Waals surface area contributed by atoms with Crippen molar-refractivity contribution < 1.29 is 22.6 Å². The number of nitrogens with zero attached hydrogens (tertiary/aromatic N) is 2. The van der Waals surface area contributed by atoms with Crippen LogP contribution in [0, 0.1) is 0 Å². The topological polar surface area (TPSA) is 17.4 Å². The van der Waals surface area contributed by atoms with Crippen molar-refractivity contribution >= 4 is 62.0 Å². The summed E-state index contributed by atoms with van der Waals surface area (Å²) in [5.74, 6) is 0.575. The molecule has 410 valence electrons. The summed E-state index contributed by atoms with van der Waals surface area (Å²) in [6, 6.07) is 71.0. The van der Waals surface area contributed by atoms with E-state index in [9.17, 15) is 8.22 Å². The van der Waals surface area contributed by atoms with E-state index in [-0.39, 0.29) is 55.5 Å². The van der Waals surface area contributed by atoms with Crippen molar-refractivity contribution in [1.29, 1.82) is 0 Å². The fourth-order valence-electron chi connectivity index (χ4n) is 14.2. The number of para-hydroxylation sites is 2. The zero-order valence-electron chi connectivity index (χ0n) is 60.7. The number of hydrogen-bond acceptors (Lipinski definition) is 2. The minimum atomic E-state index is -0.795. The van der Waals surface area contributed by atoms with Crippen molar-refractivity contribution in [2.45, 2.75) is 31.6 Å². The molecular weight excluding hydrogens is 1050 g/mol. The molecule has 13 aromatic carbocycles. The fraction of sp³-hybridized carbons (Fsp3) is 0.0602. The van der Waals surface area contributed by atoms with Crippen molar-refractivity contribution in [1.82, 2.24) is 4.57 Å². The van der Waals surface area contributed by atoms with E-state index >= 15 is 0 Å². The number of ether oxygens (including phenoxy) is 1. The van der Waals surface area contributed by atoms with Crippen molar-refractivity contribution in [2.75, 3.05) is 4.90 Å². The van der Waals surface area contributed by atoms with Crippen LogP contribution in [0.5, 0.6) is 11.5 Å². The van der Waals surface area contributed by atoms with Gasteiger partial charge in [0.15, 0.2) is 0 Å². The number of rotatable bonds is 8. The van der Waals surface area contributed by atoms with Crippen LogP contribution in [-0.2, 0) is 10.8 Å². The number of benzene rings is 13. The fourth-order valence-corrected chi connectivity index (χ4v) is 14.2. The second-order valence-corrected chi connectivity index (χ2v) is 23.7. The van der Waals surface area contributed by atoms with Crippen LogP contribution in [0.4, 0.5) is 17.1 Å². The second kappa shape index (κ2) is 19.7. The minimum absolute atomic E-state index is 0.0479. The highest BCUT2D eigenvalue weighted by molar-refractivity contribution is 6.99.